The van der Waals surface area contributed by atoms with Gasteiger partial charge in [-0.15, -0.1) is 0 Å². The number of sulfone groups is 1. The normalized spacial score (nSPS) is 14.3. The van der Waals surface area contributed by atoms with Crippen molar-refractivity contribution in [3.8, 4) is 5.75 Å². The van der Waals surface area contributed by atoms with E-state index in [4.69, 9.17) is 16.3 Å². The molecule has 0 unspecified atom stereocenters. The maximum Gasteiger partial charge on any atom is 0.175 e. The van der Waals surface area contributed by atoms with E-state index in [2.05, 4.69) is 12.2 Å². The van der Waals surface area contributed by atoms with Crippen LogP contribution in [0.3, 0.4) is 0 Å². The summed E-state index contributed by atoms with van der Waals surface area (Å²) in [5, 5.41) is 0.564. The van der Waals surface area contributed by atoms with E-state index in [-0.39, 0.29) is 0 Å². The van der Waals surface area contributed by atoms with Gasteiger partial charge in [0.1, 0.15) is 5.75 Å². The maximum atomic E-state index is 11.6. The lowest BCUT2D eigenvalue weighted by Gasteiger charge is -2.12. The van der Waals surface area contributed by atoms with E-state index in [1.165, 1.54) is 6.26 Å². The van der Waals surface area contributed by atoms with Gasteiger partial charge < -0.3 is 4.74 Å². The quantitative estimate of drug-likeness (QED) is 0.798. The maximum absolute atomic E-state index is 11.6. The lowest BCUT2D eigenvalue weighted by atomic mass is 9.95. The lowest BCUT2D eigenvalue weighted by Crippen LogP contribution is -1.97. The molecule has 1 aliphatic rings. The fourth-order valence-electron chi connectivity index (χ4n) is 2.78. The van der Waals surface area contributed by atoms with Crippen molar-refractivity contribution in [1.29, 1.82) is 0 Å². The van der Waals surface area contributed by atoms with E-state index in [0.717, 1.165) is 28.7 Å². The fraction of sp³-hybridized carbons (Fsp3) is 0.158. The molecule has 0 heterocycles. The van der Waals surface area contributed by atoms with Crippen LogP contribution in [0.2, 0.25) is 5.02 Å². The first kappa shape index (κ1) is 16.8. The zero-order valence-corrected chi connectivity index (χ0v) is 15.0. The molecule has 0 fully saturated rings. The van der Waals surface area contributed by atoms with Crippen molar-refractivity contribution in [2.45, 2.75) is 11.3 Å². The van der Waals surface area contributed by atoms with Crippen LogP contribution in [0, 0.1) is 0 Å². The van der Waals surface area contributed by atoms with E-state index in [9.17, 15) is 8.42 Å². The van der Waals surface area contributed by atoms with Crippen LogP contribution in [-0.4, -0.2) is 21.8 Å². The molecule has 2 aromatic carbocycles. The topological polar surface area (TPSA) is 43.4 Å². The molecular formula is C19H17ClO3S. The van der Waals surface area contributed by atoms with Crippen molar-refractivity contribution in [1.82, 2.24) is 0 Å². The van der Waals surface area contributed by atoms with E-state index in [1.807, 2.05) is 30.3 Å². The van der Waals surface area contributed by atoms with Crippen LogP contribution >= 0.6 is 11.6 Å². The second-order valence-electron chi connectivity index (χ2n) is 5.62. The Morgan fingerprint density at radius 2 is 1.54 bits per heavy atom. The Balaban J connectivity index is 1.95. The van der Waals surface area contributed by atoms with Crippen molar-refractivity contribution in [2.75, 3.05) is 13.4 Å². The minimum absolute atomic E-state index is 0.322. The number of allylic oxidation sites excluding steroid dienone is 4. The molecule has 3 nitrogen and oxygen atoms in total. The predicted molar refractivity (Wildman–Crippen MR) is 98.1 cm³/mol. The van der Waals surface area contributed by atoms with Crippen LogP contribution in [0.5, 0.6) is 5.75 Å². The van der Waals surface area contributed by atoms with E-state index < -0.39 is 9.84 Å². The van der Waals surface area contributed by atoms with Crippen LogP contribution in [0.1, 0.15) is 17.5 Å². The van der Waals surface area contributed by atoms with Gasteiger partial charge in [0.05, 0.1) is 17.0 Å². The standard InChI is InChI=1S/C19H17ClO3S/c1-23-19-11-8-14(12-18(19)20)17-5-3-4-16(17)13-6-9-15(10-7-13)24(2,21)22/h4-12H,3H2,1-2H3. The summed E-state index contributed by atoms with van der Waals surface area (Å²) in [5.74, 6) is 0.641. The van der Waals surface area contributed by atoms with Gasteiger partial charge >= 0.3 is 0 Å². The van der Waals surface area contributed by atoms with E-state index >= 15 is 0 Å². The van der Waals surface area contributed by atoms with Gasteiger partial charge in [-0.05, 0) is 53.0 Å². The highest BCUT2D eigenvalue weighted by Crippen LogP contribution is 2.38. The van der Waals surface area contributed by atoms with Crippen LogP contribution < -0.4 is 4.74 Å². The number of ether oxygens (including phenoxy) is 1. The second kappa shape index (κ2) is 6.46. The van der Waals surface area contributed by atoms with Crippen molar-refractivity contribution in [3.05, 3.63) is 70.8 Å². The van der Waals surface area contributed by atoms with Gasteiger partial charge in [0.15, 0.2) is 9.84 Å². The highest BCUT2D eigenvalue weighted by molar-refractivity contribution is 7.90. The monoisotopic (exact) mass is 360 g/mol. The molecule has 1 aliphatic carbocycles. The molecule has 0 aliphatic heterocycles. The molecule has 0 radical (unpaired) electrons. The molecule has 2 aromatic rings. The highest BCUT2D eigenvalue weighted by Gasteiger charge is 2.16. The Morgan fingerprint density at radius 1 is 0.958 bits per heavy atom. The summed E-state index contributed by atoms with van der Waals surface area (Å²) in [7, 11) is -1.60. The summed E-state index contributed by atoms with van der Waals surface area (Å²) in [6, 6.07) is 12.7. The van der Waals surface area contributed by atoms with Gasteiger partial charge in [0.25, 0.3) is 0 Å². The summed E-state index contributed by atoms with van der Waals surface area (Å²) in [6.07, 6.45) is 6.31. The Morgan fingerprint density at radius 3 is 2.08 bits per heavy atom. The summed E-state index contributed by atoms with van der Waals surface area (Å²) in [6.45, 7) is 0. The number of hydrogen-bond acceptors (Lipinski definition) is 3. The van der Waals surface area contributed by atoms with Crippen molar-refractivity contribution < 1.29 is 13.2 Å². The first-order chi connectivity index (χ1) is 11.4. The first-order valence-corrected chi connectivity index (χ1v) is 9.72. The number of hydrogen-bond donors (Lipinski definition) is 0. The summed E-state index contributed by atoms with van der Waals surface area (Å²) in [5.41, 5.74) is 4.16. The summed E-state index contributed by atoms with van der Waals surface area (Å²) >= 11 is 6.23. The molecule has 3 rings (SSSR count). The van der Waals surface area contributed by atoms with Gasteiger partial charge in [-0.2, -0.15) is 0 Å². The van der Waals surface area contributed by atoms with Crippen molar-refractivity contribution in [3.63, 3.8) is 0 Å². The molecule has 0 atom stereocenters. The average Bonchev–Trinajstić information content (AvgIpc) is 3.03. The number of halogens is 1. The molecule has 0 saturated carbocycles. The van der Waals surface area contributed by atoms with Crippen LogP contribution in [0.4, 0.5) is 0 Å². The molecule has 0 aromatic heterocycles. The van der Waals surface area contributed by atoms with Gasteiger partial charge in [-0.25, -0.2) is 8.42 Å². The number of benzene rings is 2. The molecular weight excluding hydrogens is 344 g/mol. The predicted octanol–water partition coefficient (Wildman–Crippen LogP) is 4.62. The van der Waals surface area contributed by atoms with E-state index in [0.29, 0.717) is 15.7 Å². The highest BCUT2D eigenvalue weighted by atomic mass is 35.5. The smallest absolute Gasteiger partial charge is 0.175 e. The van der Waals surface area contributed by atoms with Crippen molar-refractivity contribution >= 4 is 32.6 Å². The zero-order chi connectivity index (χ0) is 17.3. The molecule has 0 spiro atoms. The molecule has 5 heteroatoms. The molecule has 0 amide bonds. The fourth-order valence-corrected chi connectivity index (χ4v) is 3.67. The van der Waals surface area contributed by atoms with Gasteiger partial charge in [0.2, 0.25) is 0 Å². The number of methoxy groups -OCH3 is 1. The minimum atomic E-state index is -3.19. The van der Waals surface area contributed by atoms with Gasteiger partial charge in [0, 0.05) is 6.26 Å². The molecule has 0 saturated heterocycles. The van der Waals surface area contributed by atoms with Crippen LogP contribution in [0.25, 0.3) is 11.1 Å². The summed E-state index contributed by atoms with van der Waals surface area (Å²) in [4.78, 5) is 0.322. The Labute approximate surface area is 147 Å². The largest absolute Gasteiger partial charge is 0.495 e. The third kappa shape index (κ3) is 3.25. The Bertz CT molecular complexity index is 939. The van der Waals surface area contributed by atoms with Gasteiger partial charge in [-0.3, -0.25) is 0 Å². The average molecular weight is 361 g/mol. The number of rotatable bonds is 4. The third-order valence-corrected chi connectivity index (χ3v) is 5.41. The zero-order valence-electron chi connectivity index (χ0n) is 13.4. The van der Waals surface area contributed by atoms with Gasteiger partial charge in [-0.1, -0.05) is 42.0 Å². The molecule has 124 valence electrons. The Hall–Kier alpha value is -2.04. The van der Waals surface area contributed by atoms with E-state index in [1.54, 1.807) is 19.2 Å². The first-order valence-electron chi connectivity index (χ1n) is 7.45. The lowest BCUT2D eigenvalue weighted by molar-refractivity contribution is 0.415. The second-order valence-corrected chi connectivity index (χ2v) is 8.04. The third-order valence-electron chi connectivity index (χ3n) is 3.99. The molecule has 24 heavy (non-hydrogen) atoms. The van der Waals surface area contributed by atoms with Crippen LogP contribution in [0.15, 0.2) is 59.5 Å². The minimum Gasteiger partial charge on any atom is -0.495 e. The molecule has 0 N–H and O–H groups in total. The summed E-state index contributed by atoms with van der Waals surface area (Å²) < 4.78 is 28.4. The van der Waals surface area contributed by atoms with Crippen LogP contribution in [-0.2, 0) is 9.84 Å². The Kier molecular flexibility index (Phi) is 4.52. The molecule has 0 bridgehead atoms. The van der Waals surface area contributed by atoms with Crippen molar-refractivity contribution in [2.24, 2.45) is 0 Å². The SMILES string of the molecule is COc1ccc(C2=CCC=C2c2ccc(S(C)(=O)=O)cc2)cc1Cl.